The normalized spacial score (nSPS) is 40.9. The molecule has 3 aliphatic rings. The fourth-order valence-electron chi connectivity index (χ4n) is 3.46. The molecule has 0 saturated carbocycles. The summed E-state index contributed by atoms with van der Waals surface area (Å²) >= 11 is 0. The fourth-order valence-corrected chi connectivity index (χ4v) is 3.46. The Morgan fingerprint density at radius 1 is 1.67 bits per heavy atom. The molecule has 0 unspecified atom stereocenters. The maximum atomic E-state index is 12.4. The van der Waals surface area contributed by atoms with E-state index in [9.17, 15) is 14.7 Å². The van der Waals surface area contributed by atoms with Crippen LogP contribution in [0.2, 0.25) is 0 Å². The van der Waals surface area contributed by atoms with E-state index in [0.29, 0.717) is 19.0 Å². The van der Waals surface area contributed by atoms with Crippen molar-refractivity contribution in [2.45, 2.75) is 25.6 Å². The highest BCUT2D eigenvalue weighted by Crippen LogP contribution is 2.51. The van der Waals surface area contributed by atoms with Crippen molar-refractivity contribution < 1.29 is 19.4 Å². The van der Waals surface area contributed by atoms with Gasteiger partial charge in [-0.05, 0) is 5.92 Å². The Hall–Kier alpha value is -1.36. The molecule has 0 aliphatic carbocycles. The van der Waals surface area contributed by atoms with E-state index < -0.39 is 29.5 Å². The molecule has 1 N–H and O–H groups in total. The zero-order valence-electron chi connectivity index (χ0n) is 10.5. The van der Waals surface area contributed by atoms with E-state index in [0.717, 1.165) is 0 Å². The van der Waals surface area contributed by atoms with E-state index in [1.807, 2.05) is 19.9 Å². The first-order valence-electron chi connectivity index (χ1n) is 6.33. The molecule has 2 bridgehead atoms. The van der Waals surface area contributed by atoms with Gasteiger partial charge in [-0.25, -0.2) is 0 Å². The quantitative estimate of drug-likeness (QED) is 0.742. The third kappa shape index (κ3) is 1.37. The Labute approximate surface area is 105 Å². The molecule has 1 amide bonds. The number of rotatable bonds is 3. The van der Waals surface area contributed by atoms with E-state index in [2.05, 4.69) is 0 Å². The summed E-state index contributed by atoms with van der Waals surface area (Å²) in [6.07, 6.45) is 3.25. The number of hydrogen-bond acceptors (Lipinski definition) is 3. The minimum atomic E-state index is -0.934. The highest BCUT2D eigenvalue weighted by molar-refractivity contribution is 5.90. The highest BCUT2D eigenvalue weighted by Gasteiger charge is 2.66. The number of likely N-dealkylation sites (tertiary alicyclic amines) is 1. The van der Waals surface area contributed by atoms with E-state index in [-0.39, 0.29) is 5.91 Å². The van der Waals surface area contributed by atoms with Gasteiger partial charge in [0.15, 0.2) is 0 Å². The largest absolute Gasteiger partial charge is 0.481 e. The molecule has 98 valence electrons. The summed E-state index contributed by atoms with van der Waals surface area (Å²) in [4.78, 5) is 25.4. The SMILES string of the molecule is CC(C)CN1C[C@]23C=C[C@H](O2)[C@@H](C(=O)O)[C@@H]3C1=O. The van der Waals surface area contributed by atoms with Gasteiger partial charge < -0.3 is 14.7 Å². The molecule has 3 aliphatic heterocycles. The standard InChI is InChI=1S/C13H17NO4/c1-7(2)5-14-6-13-4-3-8(18-13)9(12(16)17)10(13)11(14)15/h3-4,7-10H,5-6H2,1-2H3,(H,16,17)/t8-,9+,10+,13-/m0/s1. The van der Waals surface area contributed by atoms with Crippen LogP contribution in [0.15, 0.2) is 12.2 Å². The molecule has 2 fully saturated rings. The molecular formula is C13H17NO4. The number of amides is 1. The zero-order valence-corrected chi connectivity index (χ0v) is 10.5. The Balaban J connectivity index is 1.92. The van der Waals surface area contributed by atoms with Crippen molar-refractivity contribution in [3.63, 3.8) is 0 Å². The van der Waals surface area contributed by atoms with Gasteiger partial charge in [-0.1, -0.05) is 26.0 Å². The molecule has 0 aromatic carbocycles. The topological polar surface area (TPSA) is 66.8 Å². The summed E-state index contributed by atoms with van der Waals surface area (Å²) in [6, 6.07) is 0. The van der Waals surface area contributed by atoms with Gasteiger partial charge in [0, 0.05) is 6.54 Å². The molecule has 0 aromatic heterocycles. The molecule has 3 rings (SSSR count). The molecule has 1 spiro atoms. The minimum Gasteiger partial charge on any atom is -0.481 e. The average Bonchev–Trinajstić information content (AvgIpc) is 2.87. The monoisotopic (exact) mass is 251 g/mol. The molecule has 3 heterocycles. The summed E-state index contributed by atoms with van der Waals surface area (Å²) in [5, 5.41) is 9.28. The lowest BCUT2D eigenvalue weighted by Crippen LogP contribution is -2.39. The molecule has 4 atom stereocenters. The van der Waals surface area contributed by atoms with Crippen LogP contribution >= 0.6 is 0 Å². The van der Waals surface area contributed by atoms with Gasteiger partial charge in [0.05, 0.1) is 18.6 Å². The summed E-state index contributed by atoms with van der Waals surface area (Å²) in [5.74, 6) is -1.89. The van der Waals surface area contributed by atoms with Gasteiger partial charge in [-0.2, -0.15) is 0 Å². The fraction of sp³-hybridized carbons (Fsp3) is 0.692. The van der Waals surface area contributed by atoms with Crippen molar-refractivity contribution in [1.29, 1.82) is 0 Å². The predicted molar refractivity (Wildman–Crippen MR) is 62.8 cm³/mol. The van der Waals surface area contributed by atoms with Crippen LogP contribution in [0.1, 0.15) is 13.8 Å². The van der Waals surface area contributed by atoms with E-state index in [4.69, 9.17) is 4.74 Å². The van der Waals surface area contributed by atoms with Gasteiger partial charge in [0.2, 0.25) is 5.91 Å². The van der Waals surface area contributed by atoms with E-state index in [1.54, 1.807) is 11.0 Å². The van der Waals surface area contributed by atoms with Crippen LogP contribution in [0.5, 0.6) is 0 Å². The third-order valence-electron chi connectivity index (χ3n) is 4.05. The maximum Gasteiger partial charge on any atom is 0.310 e. The number of aliphatic carboxylic acids is 1. The van der Waals surface area contributed by atoms with Crippen LogP contribution in [-0.4, -0.2) is 46.7 Å². The van der Waals surface area contributed by atoms with Crippen molar-refractivity contribution in [1.82, 2.24) is 4.90 Å². The van der Waals surface area contributed by atoms with Crippen molar-refractivity contribution in [3.05, 3.63) is 12.2 Å². The number of hydrogen-bond donors (Lipinski definition) is 1. The van der Waals surface area contributed by atoms with Crippen molar-refractivity contribution in [3.8, 4) is 0 Å². The van der Waals surface area contributed by atoms with Gasteiger partial charge in [-0.15, -0.1) is 0 Å². The first-order chi connectivity index (χ1) is 8.44. The summed E-state index contributed by atoms with van der Waals surface area (Å²) < 4.78 is 5.79. The smallest absolute Gasteiger partial charge is 0.310 e. The molecule has 0 radical (unpaired) electrons. The summed E-state index contributed by atoms with van der Waals surface area (Å²) in [7, 11) is 0. The number of carbonyl (C=O) groups is 2. The number of fused-ring (bicyclic) bond motifs is 1. The second kappa shape index (κ2) is 3.57. The van der Waals surface area contributed by atoms with Crippen molar-refractivity contribution in [2.75, 3.05) is 13.1 Å². The second-order valence-electron chi connectivity index (χ2n) is 5.85. The van der Waals surface area contributed by atoms with E-state index in [1.165, 1.54) is 0 Å². The zero-order chi connectivity index (χ0) is 13.1. The van der Waals surface area contributed by atoms with Gasteiger partial charge in [0.25, 0.3) is 0 Å². The molecule has 18 heavy (non-hydrogen) atoms. The first kappa shape index (κ1) is 11.7. The Bertz CT molecular complexity index is 444. The number of carbonyl (C=O) groups excluding carboxylic acids is 1. The predicted octanol–water partition coefficient (Wildman–Crippen LogP) is 0.509. The van der Waals surface area contributed by atoms with Crippen molar-refractivity contribution >= 4 is 11.9 Å². The molecule has 5 heteroatoms. The van der Waals surface area contributed by atoms with Crippen LogP contribution in [-0.2, 0) is 14.3 Å². The molecule has 5 nitrogen and oxygen atoms in total. The molecule has 2 saturated heterocycles. The minimum absolute atomic E-state index is 0.0667. The lowest BCUT2D eigenvalue weighted by Gasteiger charge is -2.22. The number of ether oxygens (including phenoxy) is 1. The highest BCUT2D eigenvalue weighted by atomic mass is 16.5. The van der Waals surface area contributed by atoms with Gasteiger partial charge >= 0.3 is 5.97 Å². The van der Waals surface area contributed by atoms with Gasteiger partial charge in [0.1, 0.15) is 11.5 Å². The summed E-state index contributed by atoms with van der Waals surface area (Å²) in [5.41, 5.74) is -0.681. The number of nitrogens with zero attached hydrogens (tertiary/aromatic N) is 1. The Morgan fingerprint density at radius 3 is 3.00 bits per heavy atom. The average molecular weight is 251 g/mol. The maximum absolute atomic E-state index is 12.4. The lowest BCUT2D eigenvalue weighted by atomic mass is 9.77. The molecule has 0 aromatic rings. The Kier molecular flexibility index (Phi) is 2.32. The van der Waals surface area contributed by atoms with Gasteiger partial charge in [-0.3, -0.25) is 9.59 Å². The van der Waals surface area contributed by atoms with Crippen LogP contribution in [0.4, 0.5) is 0 Å². The molecular weight excluding hydrogens is 234 g/mol. The second-order valence-corrected chi connectivity index (χ2v) is 5.85. The summed E-state index contributed by atoms with van der Waals surface area (Å²) in [6.45, 7) is 5.24. The Morgan fingerprint density at radius 2 is 2.39 bits per heavy atom. The van der Waals surface area contributed by atoms with Crippen LogP contribution in [0.3, 0.4) is 0 Å². The first-order valence-corrected chi connectivity index (χ1v) is 6.33. The van der Waals surface area contributed by atoms with Crippen LogP contribution < -0.4 is 0 Å². The number of carboxylic acids is 1. The third-order valence-corrected chi connectivity index (χ3v) is 4.05. The van der Waals surface area contributed by atoms with Crippen LogP contribution in [0.25, 0.3) is 0 Å². The van der Waals surface area contributed by atoms with Crippen LogP contribution in [0, 0.1) is 17.8 Å². The van der Waals surface area contributed by atoms with Crippen molar-refractivity contribution in [2.24, 2.45) is 17.8 Å². The lowest BCUT2D eigenvalue weighted by molar-refractivity contribution is -0.148. The van der Waals surface area contributed by atoms with E-state index >= 15 is 0 Å². The number of carboxylic acid groups (broad SMARTS) is 1.